The second-order valence-corrected chi connectivity index (χ2v) is 14.1. The zero-order valence-corrected chi connectivity index (χ0v) is 30.2. The van der Waals surface area contributed by atoms with E-state index in [1.807, 2.05) is 61.5 Å². The highest BCUT2D eigenvalue weighted by molar-refractivity contribution is 6.31. The average Bonchev–Trinajstić information content (AvgIpc) is 3.40. The minimum absolute atomic E-state index is 0.351. The van der Waals surface area contributed by atoms with Crippen LogP contribution in [-0.4, -0.2) is 19.1 Å². The van der Waals surface area contributed by atoms with Crippen LogP contribution in [0.3, 0.4) is 0 Å². The van der Waals surface area contributed by atoms with Gasteiger partial charge in [0.25, 0.3) is 0 Å². The largest absolute Gasteiger partial charge is 0.456 e. The highest BCUT2D eigenvalue weighted by atomic mass is 35.5. The second kappa shape index (κ2) is 16.2. The Morgan fingerprint density at radius 3 is 1.98 bits per heavy atom. The molecular formula is C43H51ClN2O3. The van der Waals surface area contributed by atoms with Gasteiger partial charge in [-0.1, -0.05) is 108 Å². The van der Waals surface area contributed by atoms with Gasteiger partial charge in [-0.05, 0) is 79.9 Å². The molecule has 4 aromatic carbocycles. The van der Waals surface area contributed by atoms with Gasteiger partial charge in [0.15, 0.2) is 5.60 Å². The van der Waals surface area contributed by atoms with Crippen LogP contribution in [0.15, 0.2) is 78.9 Å². The summed E-state index contributed by atoms with van der Waals surface area (Å²) in [5.41, 5.74) is 5.82. The van der Waals surface area contributed by atoms with Gasteiger partial charge in [-0.25, -0.2) is 4.79 Å². The SMILES string of the molecule is CCCCCCCCN(CCCCCCCC)c1ccc(Nc2ccc3c(c2)Oc2cc(C)c(Cl)cc2C32OC(=O)c3ccccc32)cc1. The van der Waals surface area contributed by atoms with Crippen LogP contribution in [-0.2, 0) is 10.3 Å². The normalized spacial score (nSPS) is 15.7. The molecule has 258 valence electrons. The summed E-state index contributed by atoms with van der Waals surface area (Å²) in [6.07, 6.45) is 15.7. The van der Waals surface area contributed by atoms with Crippen molar-refractivity contribution in [3.63, 3.8) is 0 Å². The van der Waals surface area contributed by atoms with E-state index in [4.69, 9.17) is 21.1 Å². The van der Waals surface area contributed by atoms with Crippen molar-refractivity contribution in [2.24, 2.45) is 0 Å². The van der Waals surface area contributed by atoms with Gasteiger partial charge >= 0.3 is 5.97 Å². The first-order chi connectivity index (χ1) is 23.9. The van der Waals surface area contributed by atoms with E-state index >= 15 is 0 Å². The number of aryl methyl sites for hydroxylation is 1. The molecule has 2 aliphatic rings. The Labute approximate surface area is 298 Å². The van der Waals surface area contributed by atoms with Gasteiger partial charge in [0, 0.05) is 57.9 Å². The van der Waals surface area contributed by atoms with Gasteiger partial charge in [0.1, 0.15) is 11.5 Å². The molecule has 0 amide bonds. The van der Waals surface area contributed by atoms with Gasteiger partial charge in [-0.2, -0.15) is 0 Å². The number of nitrogens with zero attached hydrogens (tertiary/aromatic N) is 1. The first-order valence-electron chi connectivity index (χ1n) is 18.5. The lowest BCUT2D eigenvalue weighted by molar-refractivity contribution is 0.0224. The number of esters is 1. The molecule has 0 aliphatic carbocycles. The van der Waals surface area contributed by atoms with Crippen LogP contribution in [0.25, 0.3) is 0 Å². The summed E-state index contributed by atoms with van der Waals surface area (Å²) in [6.45, 7) is 8.72. The Kier molecular flexibility index (Phi) is 11.5. The zero-order valence-electron chi connectivity index (χ0n) is 29.5. The van der Waals surface area contributed by atoms with Gasteiger partial charge in [-0.3, -0.25) is 0 Å². The predicted octanol–water partition coefficient (Wildman–Crippen LogP) is 12.5. The fourth-order valence-electron chi connectivity index (χ4n) is 7.33. The predicted molar refractivity (Wildman–Crippen MR) is 203 cm³/mol. The lowest BCUT2D eigenvalue weighted by atomic mass is 9.77. The Balaban J connectivity index is 1.20. The maximum absolute atomic E-state index is 13.2. The third-order valence-corrected chi connectivity index (χ3v) is 10.5. The summed E-state index contributed by atoms with van der Waals surface area (Å²) in [4.78, 5) is 15.8. The monoisotopic (exact) mass is 678 g/mol. The van der Waals surface area contributed by atoms with Crippen molar-refractivity contribution in [1.82, 2.24) is 0 Å². The number of carbonyl (C=O) groups is 1. The summed E-state index contributed by atoms with van der Waals surface area (Å²) in [7, 11) is 0. The number of nitrogens with one attached hydrogen (secondary N) is 1. The molecular weight excluding hydrogens is 628 g/mol. The number of benzene rings is 4. The third-order valence-electron chi connectivity index (χ3n) is 10.1. The van der Waals surface area contributed by atoms with Crippen LogP contribution in [0.5, 0.6) is 11.5 Å². The van der Waals surface area contributed by atoms with Crippen molar-refractivity contribution >= 4 is 34.6 Å². The molecule has 1 atom stereocenters. The fourth-order valence-corrected chi connectivity index (χ4v) is 7.49. The van der Waals surface area contributed by atoms with Crippen molar-refractivity contribution in [2.75, 3.05) is 23.3 Å². The molecule has 0 radical (unpaired) electrons. The minimum atomic E-state index is -1.14. The van der Waals surface area contributed by atoms with Crippen LogP contribution < -0.4 is 15.0 Å². The van der Waals surface area contributed by atoms with Gasteiger partial charge in [0.2, 0.25) is 0 Å². The maximum atomic E-state index is 13.2. The summed E-state index contributed by atoms with van der Waals surface area (Å²) in [5, 5.41) is 4.19. The summed E-state index contributed by atoms with van der Waals surface area (Å²) in [5.74, 6) is 0.927. The summed E-state index contributed by atoms with van der Waals surface area (Å²) >= 11 is 6.63. The Bertz CT molecular complexity index is 1720. The number of anilines is 3. The number of carbonyl (C=O) groups excluding carboxylic acids is 1. The molecule has 0 saturated heterocycles. The highest BCUT2D eigenvalue weighted by Gasteiger charge is 2.53. The van der Waals surface area contributed by atoms with E-state index in [9.17, 15) is 4.79 Å². The number of hydrogen-bond donors (Lipinski definition) is 1. The van der Waals surface area contributed by atoms with E-state index < -0.39 is 5.60 Å². The third kappa shape index (κ3) is 7.62. The Morgan fingerprint density at radius 2 is 1.29 bits per heavy atom. The van der Waals surface area contributed by atoms with Crippen molar-refractivity contribution in [3.8, 4) is 11.5 Å². The van der Waals surface area contributed by atoms with Gasteiger partial charge < -0.3 is 19.7 Å². The topological polar surface area (TPSA) is 50.8 Å². The van der Waals surface area contributed by atoms with Crippen LogP contribution in [0.4, 0.5) is 17.1 Å². The summed E-state index contributed by atoms with van der Waals surface area (Å²) in [6, 6.07) is 26.2. The summed E-state index contributed by atoms with van der Waals surface area (Å²) < 4.78 is 12.8. The molecule has 2 aliphatic heterocycles. The molecule has 49 heavy (non-hydrogen) atoms. The van der Waals surface area contributed by atoms with Crippen molar-refractivity contribution in [2.45, 2.75) is 103 Å². The standard InChI is InChI=1S/C43H51ClN2O3/c1-4-6-8-10-12-16-26-46(27-17-13-11-9-7-5-2)34-23-20-32(21-24-34)45-33-22-25-37-41(29-33)48-40-28-31(3)39(44)30-38(40)43(37)36-19-15-14-18-35(36)42(47)49-43/h14-15,18-25,28-30,45H,4-13,16-17,26-27H2,1-3H3. The smallest absolute Gasteiger partial charge is 0.340 e. The van der Waals surface area contributed by atoms with E-state index in [1.54, 1.807) is 0 Å². The van der Waals surface area contributed by atoms with E-state index in [-0.39, 0.29) is 5.97 Å². The number of unbranched alkanes of at least 4 members (excludes halogenated alkanes) is 10. The van der Waals surface area contributed by atoms with Crippen molar-refractivity contribution in [1.29, 1.82) is 0 Å². The number of ether oxygens (including phenoxy) is 2. The zero-order chi connectivity index (χ0) is 34.2. The van der Waals surface area contributed by atoms with Crippen LogP contribution >= 0.6 is 11.6 Å². The van der Waals surface area contributed by atoms with Crippen LogP contribution in [0.1, 0.15) is 124 Å². The molecule has 1 unspecified atom stereocenters. The number of halogens is 1. The molecule has 5 nitrogen and oxygen atoms in total. The second-order valence-electron chi connectivity index (χ2n) is 13.7. The number of rotatable bonds is 17. The number of hydrogen-bond acceptors (Lipinski definition) is 5. The van der Waals surface area contributed by atoms with Gasteiger partial charge in [0.05, 0.1) is 5.56 Å². The molecule has 0 aromatic heterocycles. The highest BCUT2D eigenvalue weighted by Crippen LogP contribution is 2.57. The lowest BCUT2D eigenvalue weighted by Gasteiger charge is -2.37. The average molecular weight is 679 g/mol. The maximum Gasteiger partial charge on any atom is 0.340 e. The molecule has 0 saturated carbocycles. The van der Waals surface area contributed by atoms with Crippen molar-refractivity contribution in [3.05, 3.63) is 112 Å². The molecule has 6 rings (SSSR count). The quantitative estimate of drug-likeness (QED) is 0.0889. The van der Waals surface area contributed by atoms with E-state index in [0.29, 0.717) is 22.1 Å². The van der Waals surface area contributed by atoms with Crippen molar-refractivity contribution < 1.29 is 14.3 Å². The minimum Gasteiger partial charge on any atom is -0.456 e. The first kappa shape index (κ1) is 34.9. The van der Waals surface area contributed by atoms with E-state index in [1.165, 1.54) is 82.7 Å². The molecule has 6 heteroatoms. The molecule has 1 spiro atoms. The van der Waals surface area contributed by atoms with E-state index in [2.05, 4.69) is 48.3 Å². The van der Waals surface area contributed by atoms with Crippen LogP contribution in [0, 0.1) is 6.92 Å². The Hall–Kier alpha value is -3.96. The lowest BCUT2D eigenvalue weighted by Crippen LogP contribution is -2.33. The molecule has 0 bridgehead atoms. The molecule has 2 heterocycles. The Morgan fingerprint density at radius 1 is 0.673 bits per heavy atom. The fraction of sp³-hybridized carbons (Fsp3) is 0.419. The van der Waals surface area contributed by atoms with Crippen LogP contribution in [0.2, 0.25) is 5.02 Å². The first-order valence-corrected chi connectivity index (χ1v) is 18.9. The molecule has 4 aromatic rings. The van der Waals surface area contributed by atoms with Gasteiger partial charge in [-0.15, -0.1) is 0 Å². The number of fused-ring (bicyclic) bond motifs is 6. The van der Waals surface area contributed by atoms with E-state index in [0.717, 1.165) is 46.7 Å². The molecule has 1 N–H and O–H groups in total. The molecule has 0 fully saturated rings.